The Morgan fingerprint density at radius 3 is 2.71 bits per heavy atom. The van der Waals surface area contributed by atoms with Gasteiger partial charge in [0, 0.05) is 17.0 Å². The first-order valence-electron chi connectivity index (χ1n) is 10.5. The van der Waals surface area contributed by atoms with Gasteiger partial charge in [-0.15, -0.1) is 11.3 Å². The fourth-order valence-corrected chi connectivity index (χ4v) is 3.73. The average molecular weight is 437 g/mol. The van der Waals surface area contributed by atoms with Crippen LogP contribution in [0.25, 0.3) is 17.3 Å². The van der Waals surface area contributed by atoms with E-state index in [1.165, 1.54) is 36.7 Å². The average Bonchev–Trinajstić information content (AvgIpc) is 3.27. The van der Waals surface area contributed by atoms with Gasteiger partial charge >= 0.3 is 0 Å². The summed E-state index contributed by atoms with van der Waals surface area (Å²) in [6, 6.07) is 15.5. The molecule has 31 heavy (non-hydrogen) atoms. The molecule has 0 unspecified atom stereocenters. The Balaban J connectivity index is 1.56. The second-order valence-electron chi connectivity index (χ2n) is 7.05. The maximum atomic E-state index is 12.3. The van der Waals surface area contributed by atoms with Gasteiger partial charge in [-0.1, -0.05) is 62.6 Å². The van der Waals surface area contributed by atoms with Crippen molar-refractivity contribution in [3.63, 3.8) is 0 Å². The quantitative estimate of drug-likeness (QED) is 0.278. The minimum Gasteiger partial charge on any atom is -0.493 e. The van der Waals surface area contributed by atoms with Crippen molar-refractivity contribution >= 4 is 28.5 Å². The molecule has 6 heteroatoms. The number of ether oxygens (including phenoxy) is 2. The van der Waals surface area contributed by atoms with Gasteiger partial charge in [-0.05, 0) is 30.2 Å². The third-order valence-electron chi connectivity index (χ3n) is 4.67. The van der Waals surface area contributed by atoms with E-state index in [2.05, 4.69) is 17.2 Å². The van der Waals surface area contributed by atoms with Crippen LogP contribution in [0.15, 0.2) is 60.0 Å². The van der Waals surface area contributed by atoms with Gasteiger partial charge < -0.3 is 9.47 Å². The monoisotopic (exact) mass is 436 g/mol. The Labute approximate surface area is 187 Å². The van der Waals surface area contributed by atoms with Crippen LogP contribution in [0.4, 0.5) is 5.13 Å². The van der Waals surface area contributed by atoms with E-state index in [-0.39, 0.29) is 5.91 Å². The van der Waals surface area contributed by atoms with Gasteiger partial charge in [-0.3, -0.25) is 10.1 Å². The Morgan fingerprint density at radius 2 is 1.94 bits per heavy atom. The molecule has 1 amide bonds. The highest BCUT2D eigenvalue weighted by molar-refractivity contribution is 7.14. The number of methoxy groups -OCH3 is 1. The lowest BCUT2D eigenvalue weighted by molar-refractivity contribution is -0.111. The molecule has 1 heterocycles. The highest BCUT2D eigenvalue weighted by atomic mass is 32.1. The van der Waals surface area contributed by atoms with Crippen LogP contribution in [0.2, 0.25) is 0 Å². The smallest absolute Gasteiger partial charge is 0.250 e. The lowest BCUT2D eigenvalue weighted by Gasteiger charge is -2.11. The number of rotatable bonds is 11. The van der Waals surface area contributed by atoms with Gasteiger partial charge in [0.2, 0.25) is 5.91 Å². The fraction of sp³-hybridized carbons (Fsp3) is 0.280. The van der Waals surface area contributed by atoms with Crippen molar-refractivity contribution in [1.82, 2.24) is 4.98 Å². The number of carbonyl (C=O) groups is 1. The van der Waals surface area contributed by atoms with Crippen LogP contribution >= 0.6 is 11.3 Å². The predicted octanol–water partition coefficient (Wildman–Crippen LogP) is 6.43. The molecular weight excluding hydrogens is 408 g/mol. The SMILES string of the molecule is CCCCCCOc1ccc(/C=C/C(=O)Nc2nc(-c3ccccc3)cs2)cc1OC. The molecule has 0 fully saturated rings. The number of amides is 1. The summed E-state index contributed by atoms with van der Waals surface area (Å²) in [6.45, 7) is 2.86. The van der Waals surface area contributed by atoms with E-state index in [4.69, 9.17) is 9.47 Å². The van der Waals surface area contributed by atoms with Gasteiger partial charge in [0.05, 0.1) is 19.4 Å². The highest BCUT2D eigenvalue weighted by Crippen LogP contribution is 2.29. The van der Waals surface area contributed by atoms with Crippen LogP contribution in [0.5, 0.6) is 11.5 Å². The number of aromatic nitrogens is 1. The molecule has 1 N–H and O–H groups in total. The summed E-state index contributed by atoms with van der Waals surface area (Å²) in [6.07, 6.45) is 7.86. The molecular formula is C25H28N2O3S. The first-order valence-corrected chi connectivity index (χ1v) is 11.4. The molecule has 162 valence electrons. The van der Waals surface area contributed by atoms with E-state index in [1.54, 1.807) is 13.2 Å². The molecule has 1 aromatic heterocycles. The van der Waals surface area contributed by atoms with Gasteiger partial charge in [0.25, 0.3) is 0 Å². The Kier molecular flexibility index (Phi) is 8.67. The van der Waals surface area contributed by atoms with Crippen molar-refractivity contribution in [1.29, 1.82) is 0 Å². The van der Waals surface area contributed by atoms with E-state index >= 15 is 0 Å². The standard InChI is InChI=1S/C25H28N2O3S/c1-3-4-5-9-16-30-22-14-12-19(17-23(22)29-2)13-15-24(28)27-25-26-21(18-31-25)20-10-7-6-8-11-20/h6-8,10-15,17-18H,3-5,9,16H2,1-2H3,(H,26,27,28)/b15-13+. The summed E-state index contributed by atoms with van der Waals surface area (Å²) < 4.78 is 11.3. The van der Waals surface area contributed by atoms with Crippen molar-refractivity contribution in [2.75, 3.05) is 19.0 Å². The topological polar surface area (TPSA) is 60.5 Å². The van der Waals surface area contributed by atoms with Crippen LogP contribution in [-0.4, -0.2) is 24.6 Å². The van der Waals surface area contributed by atoms with Gasteiger partial charge in [-0.25, -0.2) is 4.98 Å². The summed E-state index contributed by atoms with van der Waals surface area (Å²) in [5.41, 5.74) is 2.73. The number of carbonyl (C=O) groups excluding carboxylic acids is 1. The zero-order valence-corrected chi connectivity index (χ0v) is 18.8. The number of hydrogen-bond donors (Lipinski definition) is 1. The highest BCUT2D eigenvalue weighted by Gasteiger charge is 2.07. The lowest BCUT2D eigenvalue weighted by Crippen LogP contribution is -2.07. The Bertz CT molecular complexity index is 999. The molecule has 0 aliphatic heterocycles. The Hall–Kier alpha value is -3.12. The zero-order chi connectivity index (χ0) is 21.9. The molecule has 0 bridgehead atoms. The number of unbranched alkanes of at least 4 members (excludes halogenated alkanes) is 3. The van der Waals surface area contributed by atoms with Gasteiger partial charge in [0.1, 0.15) is 0 Å². The molecule has 0 radical (unpaired) electrons. The van der Waals surface area contributed by atoms with Gasteiger partial charge in [0.15, 0.2) is 16.6 Å². The van der Waals surface area contributed by atoms with Crippen molar-refractivity contribution in [2.24, 2.45) is 0 Å². The molecule has 5 nitrogen and oxygen atoms in total. The van der Waals surface area contributed by atoms with Crippen molar-refractivity contribution in [3.05, 3.63) is 65.6 Å². The van der Waals surface area contributed by atoms with E-state index in [0.717, 1.165) is 29.0 Å². The van der Waals surface area contributed by atoms with Crippen LogP contribution < -0.4 is 14.8 Å². The largest absolute Gasteiger partial charge is 0.493 e. The van der Waals surface area contributed by atoms with Gasteiger partial charge in [-0.2, -0.15) is 0 Å². The zero-order valence-electron chi connectivity index (χ0n) is 18.0. The second-order valence-corrected chi connectivity index (χ2v) is 7.90. The predicted molar refractivity (Wildman–Crippen MR) is 128 cm³/mol. The summed E-state index contributed by atoms with van der Waals surface area (Å²) in [5.74, 6) is 1.14. The Morgan fingerprint density at radius 1 is 1.10 bits per heavy atom. The van der Waals surface area contributed by atoms with Crippen molar-refractivity contribution in [2.45, 2.75) is 32.6 Å². The third kappa shape index (κ3) is 6.96. The van der Waals surface area contributed by atoms with Crippen molar-refractivity contribution in [3.8, 4) is 22.8 Å². The maximum Gasteiger partial charge on any atom is 0.250 e. The summed E-state index contributed by atoms with van der Waals surface area (Å²) in [5, 5.41) is 5.31. The first-order chi connectivity index (χ1) is 15.2. The van der Waals surface area contributed by atoms with Crippen LogP contribution in [0.1, 0.15) is 38.2 Å². The van der Waals surface area contributed by atoms with E-state index in [9.17, 15) is 4.79 Å². The maximum absolute atomic E-state index is 12.3. The van der Waals surface area contributed by atoms with Crippen LogP contribution in [-0.2, 0) is 4.79 Å². The number of nitrogens with zero attached hydrogens (tertiary/aromatic N) is 1. The molecule has 2 aromatic carbocycles. The summed E-state index contributed by atoms with van der Waals surface area (Å²) >= 11 is 1.40. The molecule has 0 spiro atoms. The molecule has 0 saturated heterocycles. The lowest BCUT2D eigenvalue weighted by atomic mass is 10.2. The molecule has 3 rings (SSSR count). The normalized spacial score (nSPS) is 10.9. The fourth-order valence-electron chi connectivity index (χ4n) is 3.01. The van der Waals surface area contributed by atoms with Crippen molar-refractivity contribution < 1.29 is 14.3 Å². The van der Waals surface area contributed by atoms with Crippen LogP contribution in [0.3, 0.4) is 0 Å². The van der Waals surface area contributed by atoms with Crippen LogP contribution in [0, 0.1) is 0 Å². The second kappa shape index (κ2) is 11.9. The van der Waals surface area contributed by atoms with E-state index in [0.29, 0.717) is 17.5 Å². The van der Waals surface area contributed by atoms with E-state index < -0.39 is 0 Å². The minimum absolute atomic E-state index is 0.232. The molecule has 0 saturated carbocycles. The number of nitrogens with one attached hydrogen (secondary N) is 1. The number of thiazole rings is 1. The number of anilines is 1. The number of benzene rings is 2. The molecule has 0 aliphatic carbocycles. The molecule has 0 aliphatic rings. The first kappa shape index (κ1) is 22.6. The summed E-state index contributed by atoms with van der Waals surface area (Å²) in [4.78, 5) is 16.8. The third-order valence-corrected chi connectivity index (χ3v) is 5.43. The van der Waals surface area contributed by atoms with E-state index in [1.807, 2.05) is 53.9 Å². The number of hydrogen-bond acceptors (Lipinski definition) is 5. The molecule has 3 aromatic rings. The molecule has 0 atom stereocenters. The summed E-state index contributed by atoms with van der Waals surface area (Å²) in [7, 11) is 1.62. The minimum atomic E-state index is -0.232.